The Morgan fingerprint density at radius 1 is 1.50 bits per heavy atom. The number of nitrogens with zero attached hydrogens (tertiary/aromatic N) is 1. The highest BCUT2D eigenvalue weighted by molar-refractivity contribution is 6.58. The van der Waals surface area contributed by atoms with Crippen molar-refractivity contribution in [1.82, 2.24) is 4.57 Å². The molecule has 1 heterocycles. The minimum absolute atomic E-state index is 0.188. The molecule has 1 aromatic heterocycles. The average molecular weight is 197 g/mol. The fraction of sp³-hybridized carbons (Fsp3) is 0.375. The third kappa shape index (κ3) is 2.70. The summed E-state index contributed by atoms with van der Waals surface area (Å²) in [5, 5.41) is 17.7. The highest BCUT2D eigenvalue weighted by Crippen LogP contribution is 1.83. The number of methoxy groups -OCH3 is 1. The summed E-state index contributed by atoms with van der Waals surface area (Å²) in [4.78, 5) is 11.2. The summed E-state index contributed by atoms with van der Waals surface area (Å²) in [5.41, 5.74) is 0.104. The maximum atomic E-state index is 11.2. The molecule has 0 aliphatic rings. The van der Waals surface area contributed by atoms with Gasteiger partial charge in [-0.3, -0.25) is 4.79 Å². The van der Waals surface area contributed by atoms with E-state index in [2.05, 4.69) is 0 Å². The van der Waals surface area contributed by atoms with Crippen LogP contribution in [0.5, 0.6) is 0 Å². The normalized spacial score (nSPS) is 10.2. The molecule has 1 aromatic rings. The number of aromatic nitrogens is 1. The van der Waals surface area contributed by atoms with Crippen molar-refractivity contribution in [3.63, 3.8) is 0 Å². The fourth-order valence-corrected chi connectivity index (χ4v) is 1.07. The van der Waals surface area contributed by atoms with Crippen LogP contribution < -0.4 is 11.0 Å². The number of rotatable bonds is 4. The van der Waals surface area contributed by atoms with Crippen molar-refractivity contribution >= 4 is 12.6 Å². The molecule has 0 aromatic carbocycles. The second kappa shape index (κ2) is 4.95. The lowest BCUT2D eigenvalue weighted by molar-refractivity contribution is 0.186. The van der Waals surface area contributed by atoms with Gasteiger partial charge in [0.05, 0.1) is 6.61 Å². The van der Waals surface area contributed by atoms with Crippen LogP contribution in [0.25, 0.3) is 0 Å². The third-order valence-corrected chi connectivity index (χ3v) is 1.84. The first-order valence-electron chi connectivity index (χ1n) is 4.20. The lowest BCUT2D eigenvalue weighted by Gasteiger charge is -2.06. The maximum absolute atomic E-state index is 11.2. The first kappa shape index (κ1) is 11.0. The molecule has 0 amide bonds. The lowest BCUT2D eigenvalue weighted by atomic mass is 9.82. The van der Waals surface area contributed by atoms with Gasteiger partial charge in [-0.15, -0.1) is 0 Å². The Morgan fingerprint density at radius 3 is 2.79 bits per heavy atom. The van der Waals surface area contributed by atoms with Gasteiger partial charge >= 0.3 is 7.12 Å². The minimum Gasteiger partial charge on any atom is -0.423 e. The Labute approximate surface area is 81.7 Å². The zero-order valence-electron chi connectivity index (χ0n) is 7.88. The molecule has 5 nitrogen and oxygen atoms in total. The summed E-state index contributed by atoms with van der Waals surface area (Å²) < 4.78 is 6.19. The van der Waals surface area contributed by atoms with Gasteiger partial charge in [0.25, 0.3) is 5.56 Å². The topological polar surface area (TPSA) is 71.7 Å². The Balaban J connectivity index is 2.91. The quantitative estimate of drug-likeness (QED) is 0.557. The van der Waals surface area contributed by atoms with E-state index in [0.29, 0.717) is 18.6 Å². The molecule has 76 valence electrons. The van der Waals surface area contributed by atoms with Crippen LogP contribution in [0, 0.1) is 0 Å². The summed E-state index contributed by atoms with van der Waals surface area (Å²) in [6.07, 6.45) is 1.41. The standard InChI is InChI=1S/C8H12BNO4/c1-14-5-4-10-6-7(9(12)13)2-3-8(10)11/h2-3,6,12-13H,4-5H2,1H3. The Morgan fingerprint density at radius 2 is 2.21 bits per heavy atom. The predicted octanol–water partition coefficient (Wildman–Crippen LogP) is -1.83. The molecule has 0 aliphatic heterocycles. The van der Waals surface area contributed by atoms with Crippen molar-refractivity contribution in [3.8, 4) is 0 Å². The van der Waals surface area contributed by atoms with Gasteiger partial charge in [-0.2, -0.15) is 0 Å². The molecule has 2 N–H and O–H groups in total. The molecule has 0 radical (unpaired) electrons. The Kier molecular flexibility index (Phi) is 3.88. The van der Waals surface area contributed by atoms with Crippen LogP contribution in [0.1, 0.15) is 0 Å². The second-order valence-electron chi connectivity index (χ2n) is 2.86. The molecule has 0 spiro atoms. The van der Waals surface area contributed by atoms with Gasteiger partial charge in [0.15, 0.2) is 0 Å². The van der Waals surface area contributed by atoms with Crippen LogP contribution in [-0.4, -0.2) is 35.5 Å². The Bertz CT molecular complexity index is 349. The summed E-state index contributed by atoms with van der Waals surface area (Å²) in [7, 11) is -0.0140. The van der Waals surface area contributed by atoms with Gasteiger partial charge < -0.3 is 19.4 Å². The van der Waals surface area contributed by atoms with Crippen molar-refractivity contribution in [2.75, 3.05) is 13.7 Å². The first-order valence-corrected chi connectivity index (χ1v) is 4.20. The summed E-state index contributed by atoms with van der Waals surface area (Å²) >= 11 is 0. The molecule has 0 atom stereocenters. The van der Waals surface area contributed by atoms with E-state index in [1.165, 1.54) is 30.0 Å². The van der Waals surface area contributed by atoms with Crippen LogP contribution in [0.2, 0.25) is 0 Å². The molecule has 0 unspecified atom stereocenters. The molecular weight excluding hydrogens is 185 g/mol. The van der Waals surface area contributed by atoms with Gasteiger partial charge in [0.1, 0.15) is 0 Å². The first-order chi connectivity index (χ1) is 6.65. The third-order valence-electron chi connectivity index (χ3n) is 1.84. The van der Waals surface area contributed by atoms with Crippen LogP contribution in [-0.2, 0) is 11.3 Å². The van der Waals surface area contributed by atoms with Crippen molar-refractivity contribution in [3.05, 3.63) is 28.7 Å². The number of hydrogen-bond acceptors (Lipinski definition) is 4. The average Bonchev–Trinajstić information content (AvgIpc) is 2.16. The van der Waals surface area contributed by atoms with Gasteiger partial charge in [-0.05, 0) is 5.46 Å². The number of ether oxygens (including phenoxy) is 1. The summed E-state index contributed by atoms with van der Waals surface area (Å²) in [5.74, 6) is 0. The van der Waals surface area contributed by atoms with Crippen molar-refractivity contribution < 1.29 is 14.8 Å². The smallest absolute Gasteiger partial charge is 0.423 e. The molecule has 0 aliphatic carbocycles. The zero-order valence-corrected chi connectivity index (χ0v) is 7.88. The lowest BCUT2D eigenvalue weighted by Crippen LogP contribution is -2.35. The highest BCUT2D eigenvalue weighted by atomic mass is 16.5. The predicted molar refractivity (Wildman–Crippen MR) is 52.4 cm³/mol. The second-order valence-corrected chi connectivity index (χ2v) is 2.86. The monoisotopic (exact) mass is 197 g/mol. The van der Waals surface area contributed by atoms with Crippen LogP contribution in [0.3, 0.4) is 0 Å². The number of pyridine rings is 1. The maximum Gasteiger partial charge on any atom is 0.489 e. The molecule has 0 saturated heterocycles. The van der Waals surface area contributed by atoms with E-state index in [1.54, 1.807) is 0 Å². The van der Waals surface area contributed by atoms with E-state index in [9.17, 15) is 4.79 Å². The van der Waals surface area contributed by atoms with E-state index < -0.39 is 7.12 Å². The fourth-order valence-electron chi connectivity index (χ4n) is 1.07. The van der Waals surface area contributed by atoms with Gasteiger partial charge in [0.2, 0.25) is 0 Å². The number of hydrogen-bond donors (Lipinski definition) is 2. The minimum atomic E-state index is -1.55. The largest absolute Gasteiger partial charge is 0.489 e. The molecule has 0 bridgehead atoms. The van der Waals surface area contributed by atoms with E-state index in [1.807, 2.05) is 0 Å². The molecule has 6 heteroatoms. The van der Waals surface area contributed by atoms with Crippen molar-refractivity contribution in [2.24, 2.45) is 0 Å². The van der Waals surface area contributed by atoms with E-state index >= 15 is 0 Å². The van der Waals surface area contributed by atoms with Crippen molar-refractivity contribution in [2.45, 2.75) is 6.54 Å². The van der Waals surface area contributed by atoms with Crippen molar-refractivity contribution in [1.29, 1.82) is 0 Å². The molecule has 0 saturated carbocycles. The molecule has 14 heavy (non-hydrogen) atoms. The van der Waals surface area contributed by atoms with Gasteiger partial charge in [-0.1, -0.05) is 6.07 Å². The molecular formula is C8H12BNO4. The SMILES string of the molecule is COCCn1cc(B(O)O)ccc1=O. The summed E-state index contributed by atoms with van der Waals surface area (Å²) in [6.45, 7) is 0.806. The Hall–Kier alpha value is -1.11. The van der Waals surface area contributed by atoms with Gasteiger partial charge in [-0.25, -0.2) is 0 Å². The van der Waals surface area contributed by atoms with E-state index in [0.717, 1.165) is 0 Å². The summed E-state index contributed by atoms with van der Waals surface area (Å²) in [6, 6.07) is 2.68. The van der Waals surface area contributed by atoms with Crippen LogP contribution in [0.4, 0.5) is 0 Å². The van der Waals surface area contributed by atoms with E-state index in [4.69, 9.17) is 14.8 Å². The zero-order chi connectivity index (χ0) is 10.6. The van der Waals surface area contributed by atoms with Crippen LogP contribution >= 0.6 is 0 Å². The van der Waals surface area contributed by atoms with Crippen LogP contribution in [0.15, 0.2) is 23.1 Å². The van der Waals surface area contributed by atoms with Gasteiger partial charge in [0, 0.05) is 25.9 Å². The molecule has 1 rings (SSSR count). The highest BCUT2D eigenvalue weighted by Gasteiger charge is 2.11. The van der Waals surface area contributed by atoms with E-state index in [-0.39, 0.29) is 5.56 Å². The molecule has 0 fully saturated rings.